The summed E-state index contributed by atoms with van der Waals surface area (Å²) >= 11 is 0. The summed E-state index contributed by atoms with van der Waals surface area (Å²) in [5.74, 6) is 0.916. The first-order valence-corrected chi connectivity index (χ1v) is 10.8. The maximum absolute atomic E-state index is 12.7. The number of ether oxygens (including phenoxy) is 2. The number of esters is 1. The topological polar surface area (TPSA) is 40.5 Å². The highest BCUT2D eigenvalue weighted by molar-refractivity contribution is 5.92. The van der Waals surface area contributed by atoms with Crippen LogP contribution < -0.4 is 4.74 Å². The third kappa shape index (κ3) is 4.09. The van der Waals surface area contributed by atoms with Crippen molar-refractivity contribution in [3.63, 3.8) is 0 Å². The third-order valence-electron chi connectivity index (χ3n) is 5.86. The van der Waals surface area contributed by atoms with Gasteiger partial charge < -0.3 is 14.0 Å². The van der Waals surface area contributed by atoms with Crippen LogP contribution in [0.25, 0.3) is 10.9 Å². The van der Waals surface area contributed by atoms with Crippen molar-refractivity contribution in [2.24, 2.45) is 0 Å². The van der Waals surface area contributed by atoms with Crippen molar-refractivity contribution in [1.82, 2.24) is 4.57 Å². The minimum atomic E-state index is -0.252. The van der Waals surface area contributed by atoms with Crippen molar-refractivity contribution in [1.29, 1.82) is 0 Å². The molecule has 4 heteroatoms. The van der Waals surface area contributed by atoms with Crippen LogP contribution in [0.5, 0.6) is 5.75 Å². The second-order valence-electron chi connectivity index (χ2n) is 8.05. The monoisotopic (exact) mass is 407 g/mol. The number of methoxy groups -OCH3 is 1. The van der Waals surface area contributed by atoms with E-state index in [0.29, 0.717) is 18.9 Å². The molecule has 3 rings (SSSR count). The van der Waals surface area contributed by atoms with Crippen molar-refractivity contribution >= 4 is 16.9 Å². The predicted octanol–water partition coefficient (Wildman–Crippen LogP) is 6.19. The maximum Gasteiger partial charge on any atom is 0.313 e. The standard InChI is InChI=1S/C26H33NO3/c1-7-20(26(28)30-8-2)25-18(5)27(23-12-10-9-11-21(23)25)16-19-13-14-24(29-6)22(15-19)17(3)4/h9-15,17,20H,7-8,16H2,1-6H3. The summed E-state index contributed by atoms with van der Waals surface area (Å²) in [6.45, 7) is 11.5. The first kappa shape index (κ1) is 21.9. The Hall–Kier alpha value is -2.75. The molecule has 0 aliphatic rings. The smallest absolute Gasteiger partial charge is 0.313 e. The molecule has 1 atom stereocenters. The molecule has 0 saturated carbocycles. The molecule has 1 heterocycles. The van der Waals surface area contributed by atoms with Gasteiger partial charge in [-0.2, -0.15) is 0 Å². The van der Waals surface area contributed by atoms with Crippen LogP contribution >= 0.6 is 0 Å². The second kappa shape index (κ2) is 9.38. The molecule has 30 heavy (non-hydrogen) atoms. The predicted molar refractivity (Wildman–Crippen MR) is 123 cm³/mol. The zero-order valence-corrected chi connectivity index (χ0v) is 19.0. The molecule has 4 nitrogen and oxygen atoms in total. The van der Waals surface area contributed by atoms with E-state index < -0.39 is 0 Å². The van der Waals surface area contributed by atoms with Gasteiger partial charge in [0.05, 0.1) is 19.6 Å². The van der Waals surface area contributed by atoms with E-state index in [2.05, 4.69) is 61.7 Å². The number of hydrogen-bond donors (Lipinski definition) is 0. The highest BCUT2D eigenvalue weighted by Crippen LogP contribution is 2.35. The minimum Gasteiger partial charge on any atom is -0.496 e. The van der Waals surface area contributed by atoms with Crippen molar-refractivity contribution in [3.8, 4) is 5.75 Å². The average Bonchev–Trinajstić information content (AvgIpc) is 3.01. The Morgan fingerprint density at radius 1 is 1.10 bits per heavy atom. The number of fused-ring (bicyclic) bond motifs is 1. The second-order valence-corrected chi connectivity index (χ2v) is 8.05. The van der Waals surface area contributed by atoms with Crippen molar-refractivity contribution in [2.45, 2.75) is 59.4 Å². The summed E-state index contributed by atoms with van der Waals surface area (Å²) < 4.78 is 13.3. The van der Waals surface area contributed by atoms with E-state index in [4.69, 9.17) is 9.47 Å². The van der Waals surface area contributed by atoms with E-state index in [1.807, 2.05) is 19.9 Å². The van der Waals surface area contributed by atoms with Gasteiger partial charge in [0, 0.05) is 23.1 Å². The van der Waals surface area contributed by atoms with Crippen LogP contribution in [0.1, 0.15) is 68.3 Å². The summed E-state index contributed by atoms with van der Waals surface area (Å²) in [6.07, 6.45) is 0.716. The Morgan fingerprint density at radius 2 is 1.83 bits per heavy atom. The molecule has 0 radical (unpaired) electrons. The van der Waals surface area contributed by atoms with Crippen molar-refractivity contribution < 1.29 is 14.3 Å². The summed E-state index contributed by atoms with van der Waals surface area (Å²) in [6, 6.07) is 14.8. The van der Waals surface area contributed by atoms with Gasteiger partial charge in [-0.05, 0) is 55.0 Å². The molecule has 160 valence electrons. The molecular weight excluding hydrogens is 374 g/mol. The van der Waals surface area contributed by atoms with Gasteiger partial charge in [0.1, 0.15) is 5.75 Å². The average molecular weight is 408 g/mol. The van der Waals surface area contributed by atoms with E-state index >= 15 is 0 Å². The number of aromatic nitrogens is 1. The van der Waals surface area contributed by atoms with Crippen molar-refractivity contribution in [2.75, 3.05) is 13.7 Å². The van der Waals surface area contributed by atoms with Gasteiger partial charge in [-0.3, -0.25) is 4.79 Å². The minimum absolute atomic E-state index is 0.141. The van der Waals surface area contributed by atoms with Crippen LogP contribution in [-0.2, 0) is 16.1 Å². The normalized spacial score (nSPS) is 12.4. The van der Waals surface area contributed by atoms with Gasteiger partial charge in [0.2, 0.25) is 0 Å². The van der Waals surface area contributed by atoms with Gasteiger partial charge in [0.25, 0.3) is 0 Å². The molecule has 0 N–H and O–H groups in total. The third-order valence-corrected chi connectivity index (χ3v) is 5.86. The SMILES string of the molecule is CCOC(=O)C(CC)c1c(C)n(Cc2ccc(OC)c(C(C)C)c2)c2ccccc12. The number of rotatable bonds is 8. The number of nitrogens with zero attached hydrogens (tertiary/aromatic N) is 1. The first-order chi connectivity index (χ1) is 14.4. The van der Waals surface area contributed by atoms with Gasteiger partial charge in [-0.1, -0.05) is 51.1 Å². The molecule has 0 bridgehead atoms. The lowest BCUT2D eigenvalue weighted by Gasteiger charge is -2.16. The van der Waals surface area contributed by atoms with Crippen LogP contribution in [-0.4, -0.2) is 24.3 Å². The molecule has 0 saturated heterocycles. The largest absolute Gasteiger partial charge is 0.496 e. The molecule has 0 fully saturated rings. The number of benzene rings is 2. The lowest BCUT2D eigenvalue weighted by molar-refractivity contribution is -0.145. The van der Waals surface area contributed by atoms with E-state index in [1.54, 1.807) is 7.11 Å². The van der Waals surface area contributed by atoms with E-state index in [9.17, 15) is 4.79 Å². The Morgan fingerprint density at radius 3 is 2.47 bits per heavy atom. The summed E-state index contributed by atoms with van der Waals surface area (Å²) in [5.41, 5.74) is 5.79. The molecule has 3 aromatic rings. The lowest BCUT2D eigenvalue weighted by Crippen LogP contribution is -2.16. The fourth-order valence-electron chi connectivity index (χ4n) is 4.35. The molecule has 0 aliphatic carbocycles. The Balaban J connectivity index is 2.11. The van der Waals surface area contributed by atoms with Gasteiger partial charge >= 0.3 is 5.97 Å². The van der Waals surface area contributed by atoms with Crippen LogP contribution in [0.15, 0.2) is 42.5 Å². The molecule has 1 aromatic heterocycles. The summed E-state index contributed by atoms with van der Waals surface area (Å²) in [4.78, 5) is 12.7. The number of para-hydroxylation sites is 1. The number of hydrogen-bond acceptors (Lipinski definition) is 3. The van der Waals surface area contributed by atoms with Crippen molar-refractivity contribution in [3.05, 3.63) is 64.8 Å². The fourth-order valence-corrected chi connectivity index (χ4v) is 4.35. The van der Waals surface area contributed by atoms with Crippen LogP contribution in [0.4, 0.5) is 0 Å². The Kier molecular flexibility index (Phi) is 6.86. The zero-order valence-electron chi connectivity index (χ0n) is 19.0. The Labute approximate surface area is 179 Å². The molecule has 1 unspecified atom stereocenters. The zero-order chi connectivity index (χ0) is 21.8. The first-order valence-electron chi connectivity index (χ1n) is 10.8. The van der Waals surface area contributed by atoms with Gasteiger partial charge in [-0.15, -0.1) is 0 Å². The number of carbonyl (C=O) groups excluding carboxylic acids is 1. The lowest BCUT2D eigenvalue weighted by atomic mass is 9.94. The van der Waals surface area contributed by atoms with E-state index in [-0.39, 0.29) is 11.9 Å². The van der Waals surface area contributed by atoms with E-state index in [0.717, 1.165) is 34.5 Å². The van der Waals surface area contributed by atoms with E-state index in [1.165, 1.54) is 11.1 Å². The number of carbonyl (C=O) groups is 1. The quantitative estimate of drug-likeness (QED) is 0.418. The maximum atomic E-state index is 12.7. The molecule has 2 aromatic carbocycles. The molecular formula is C26H33NO3. The van der Waals surface area contributed by atoms with Crippen LogP contribution in [0.2, 0.25) is 0 Å². The highest BCUT2D eigenvalue weighted by Gasteiger charge is 2.27. The van der Waals surface area contributed by atoms with Gasteiger partial charge in [-0.25, -0.2) is 0 Å². The van der Waals surface area contributed by atoms with Gasteiger partial charge in [0.15, 0.2) is 0 Å². The Bertz CT molecular complexity index is 1030. The summed E-state index contributed by atoms with van der Waals surface area (Å²) in [5, 5.41) is 1.13. The van der Waals surface area contributed by atoms with Crippen LogP contribution in [0, 0.1) is 6.92 Å². The molecule has 0 aliphatic heterocycles. The highest BCUT2D eigenvalue weighted by atomic mass is 16.5. The summed E-state index contributed by atoms with van der Waals surface area (Å²) in [7, 11) is 1.72. The molecule has 0 spiro atoms. The van der Waals surface area contributed by atoms with Crippen LogP contribution in [0.3, 0.4) is 0 Å². The molecule has 0 amide bonds. The fraction of sp³-hybridized carbons (Fsp3) is 0.423.